The number of halogens is 3. The minimum Gasteiger partial charge on any atom is -0.478 e. The summed E-state index contributed by atoms with van der Waals surface area (Å²) in [4.78, 5) is 10.9. The van der Waals surface area contributed by atoms with E-state index >= 15 is 0 Å². The van der Waals surface area contributed by atoms with Crippen LogP contribution in [0.3, 0.4) is 0 Å². The summed E-state index contributed by atoms with van der Waals surface area (Å²) in [5.41, 5.74) is -0.816. The van der Waals surface area contributed by atoms with Gasteiger partial charge in [0.25, 0.3) is 0 Å². The van der Waals surface area contributed by atoms with Gasteiger partial charge >= 0.3 is 12.3 Å². The molecular weight excluding hydrogens is 251 g/mol. The van der Waals surface area contributed by atoms with E-state index in [1.54, 1.807) is 6.07 Å². The van der Waals surface area contributed by atoms with Gasteiger partial charge in [-0.3, -0.25) is 0 Å². The van der Waals surface area contributed by atoms with Crippen molar-refractivity contribution in [2.75, 3.05) is 0 Å². The molecule has 0 aliphatic rings. The molecule has 0 aromatic heterocycles. The van der Waals surface area contributed by atoms with Gasteiger partial charge in [0.2, 0.25) is 0 Å². The minimum atomic E-state index is -4.98. The summed E-state index contributed by atoms with van der Waals surface area (Å²) >= 11 is 0. The van der Waals surface area contributed by atoms with E-state index in [4.69, 9.17) is 10.4 Å². The Labute approximate surface area is 100 Å². The summed E-state index contributed by atoms with van der Waals surface area (Å²) in [5, 5.41) is 17.6. The standard InChI is InChI=1S/C11H8F3NO3/c1-2-7-8(10(16)17)4-3-6(5-15)9(7)18-11(12,13)14/h3-4H,2H2,1H3,(H,16,17). The van der Waals surface area contributed by atoms with Gasteiger partial charge in [-0.1, -0.05) is 6.92 Å². The number of carbonyl (C=O) groups is 1. The molecule has 4 nitrogen and oxygen atoms in total. The van der Waals surface area contributed by atoms with E-state index in [1.165, 1.54) is 6.92 Å². The zero-order chi connectivity index (χ0) is 13.9. The van der Waals surface area contributed by atoms with E-state index in [0.29, 0.717) is 0 Å². The van der Waals surface area contributed by atoms with Crippen molar-refractivity contribution in [3.8, 4) is 11.8 Å². The van der Waals surface area contributed by atoms with Crippen LogP contribution in [0.25, 0.3) is 0 Å². The molecule has 1 rings (SSSR count). The second-order valence-corrected chi connectivity index (χ2v) is 3.29. The van der Waals surface area contributed by atoms with Gasteiger partial charge in [-0.25, -0.2) is 4.79 Å². The average Bonchev–Trinajstić information content (AvgIpc) is 2.26. The van der Waals surface area contributed by atoms with Crippen molar-refractivity contribution in [1.29, 1.82) is 5.26 Å². The van der Waals surface area contributed by atoms with Crippen LogP contribution < -0.4 is 4.74 Å². The van der Waals surface area contributed by atoms with E-state index < -0.39 is 18.1 Å². The fourth-order valence-corrected chi connectivity index (χ4v) is 1.50. The molecule has 0 unspecified atom stereocenters. The van der Waals surface area contributed by atoms with Crippen LogP contribution in [-0.2, 0) is 6.42 Å². The highest BCUT2D eigenvalue weighted by atomic mass is 19.4. The molecule has 1 aromatic rings. The van der Waals surface area contributed by atoms with Crippen LogP contribution in [0.5, 0.6) is 5.75 Å². The smallest absolute Gasteiger partial charge is 0.478 e. The molecule has 0 bridgehead atoms. The maximum absolute atomic E-state index is 12.2. The average molecular weight is 259 g/mol. The first-order chi connectivity index (χ1) is 8.30. The van der Waals surface area contributed by atoms with Crippen LogP contribution in [0.1, 0.15) is 28.4 Å². The van der Waals surface area contributed by atoms with Crippen LogP contribution in [0.15, 0.2) is 12.1 Å². The zero-order valence-electron chi connectivity index (χ0n) is 9.21. The molecule has 1 N–H and O–H groups in total. The Kier molecular flexibility index (Phi) is 3.81. The molecular formula is C11H8F3NO3. The Morgan fingerprint density at radius 1 is 1.50 bits per heavy atom. The van der Waals surface area contributed by atoms with E-state index in [-0.39, 0.29) is 23.1 Å². The summed E-state index contributed by atoms with van der Waals surface area (Å²) in [6.45, 7) is 1.48. The predicted octanol–water partition coefficient (Wildman–Crippen LogP) is 2.72. The van der Waals surface area contributed by atoms with Gasteiger partial charge in [-0.15, -0.1) is 13.2 Å². The normalized spacial score (nSPS) is 10.8. The summed E-state index contributed by atoms with van der Waals surface area (Å²) in [6, 6.07) is 3.62. The maximum Gasteiger partial charge on any atom is 0.573 e. The van der Waals surface area contributed by atoms with Gasteiger partial charge in [0, 0.05) is 5.56 Å². The number of ether oxygens (including phenoxy) is 1. The lowest BCUT2D eigenvalue weighted by atomic mass is 10.0. The molecule has 0 fully saturated rings. The van der Waals surface area contributed by atoms with E-state index in [1.807, 2.05) is 0 Å². The lowest BCUT2D eigenvalue weighted by Crippen LogP contribution is -2.20. The van der Waals surface area contributed by atoms with Gasteiger partial charge in [0.1, 0.15) is 6.07 Å². The molecule has 0 saturated carbocycles. The number of alkyl halides is 3. The number of carboxylic acids is 1. The molecule has 0 radical (unpaired) electrons. The van der Waals surface area contributed by atoms with Crippen molar-refractivity contribution in [1.82, 2.24) is 0 Å². The van der Waals surface area contributed by atoms with Crippen molar-refractivity contribution in [2.24, 2.45) is 0 Å². The summed E-state index contributed by atoms with van der Waals surface area (Å²) < 4.78 is 40.4. The Hall–Kier alpha value is -2.23. The molecule has 0 atom stereocenters. The first-order valence-electron chi connectivity index (χ1n) is 4.85. The topological polar surface area (TPSA) is 70.3 Å². The molecule has 0 heterocycles. The minimum absolute atomic E-state index is 0.00255. The molecule has 0 aliphatic heterocycles. The quantitative estimate of drug-likeness (QED) is 0.905. The van der Waals surface area contributed by atoms with Crippen LogP contribution in [0.4, 0.5) is 13.2 Å². The number of rotatable bonds is 3. The molecule has 0 spiro atoms. The van der Waals surface area contributed by atoms with Crippen LogP contribution >= 0.6 is 0 Å². The number of nitrogens with zero attached hydrogens (tertiary/aromatic N) is 1. The van der Waals surface area contributed by atoms with Crippen LogP contribution in [-0.4, -0.2) is 17.4 Å². The zero-order valence-corrected chi connectivity index (χ0v) is 9.21. The third kappa shape index (κ3) is 2.91. The van der Waals surface area contributed by atoms with E-state index in [0.717, 1.165) is 12.1 Å². The molecule has 0 saturated heterocycles. The highest BCUT2D eigenvalue weighted by Gasteiger charge is 2.34. The number of nitriles is 1. The Morgan fingerprint density at radius 3 is 2.50 bits per heavy atom. The Balaban J connectivity index is 3.48. The van der Waals surface area contributed by atoms with Crippen molar-refractivity contribution in [2.45, 2.75) is 19.7 Å². The SMILES string of the molecule is CCc1c(C(=O)O)ccc(C#N)c1OC(F)(F)F. The monoisotopic (exact) mass is 259 g/mol. The number of benzene rings is 1. The predicted molar refractivity (Wildman–Crippen MR) is 54.2 cm³/mol. The van der Waals surface area contributed by atoms with Gasteiger partial charge in [-0.05, 0) is 18.6 Å². The highest BCUT2D eigenvalue weighted by molar-refractivity contribution is 5.90. The second-order valence-electron chi connectivity index (χ2n) is 3.29. The first-order valence-corrected chi connectivity index (χ1v) is 4.85. The summed E-state index contributed by atoms with van der Waals surface area (Å²) in [7, 11) is 0. The Morgan fingerprint density at radius 2 is 2.11 bits per heavy atom. The number of hydrogen-bond acceptors (Lipinski definition) is 3. The summed E-state index contributed by atoms with van der Waals surface area (Å²) in [5.74, 6) is -2.12. The second kappa shape index (κ2) is 4.96. The van der Waals surface area contributed by atoms with Gasteiger partial charge in [0.05, 0.1) is 11.1 Å². The molecule has 7 heteroatoms. The van der Waals surface area contributed by atoms with Gasteiger partial charge < -0.3 is 9.84 Å². The maximum atomic E-state index is 12.2. The van der Waals surface area contributed by atoms with E-state index in [2.05, 4.69) is 4.74 Å². The molecule has 1 aromatic carbocycles. The van der Waals surface area contributed by atoms with Crippen molar-refractivity contribution >= 4 is 5.97 Å². The number of carboxylic acid groups (broad SMARTS) is 1. The van der Waals surface area contributed by atoms with Crippen molar-refractivity contribution in [3.05, 3.63) is 28.8 Å². The third-order valence-corrected chi connectivity index (χ3v) is 2.18. The van der Waals surface area contributed by atoms with Crippen LogP contribution in [0, 0.1) is 11.3 Å². The van der Waals surface area contributed by atoms with E-state index in [9.17, 15) is 18.0 Å². The highest BCUT2D eigenvalue weighted by Crippen LogP contribution is 2.32. The Bertz CT molecular complexity index is 517. The first kappa shape index (κ1) is 13.8. The van der Waals surface area contributed by atoms with Crippen LogP contribution in [0.2, 0.25) is 0 Å². The van der Waals surface area contributed by atoms with Gasteiger partial charge in [0.15, 0.2) is 5.75 Å². The van der Waals surface area contributed by atoms with Crippen molar-refractivity contribution in [3.63, 3.8) is 0 Å². The third-order valence-electron chi connectivity index (χ3n) is 2.18. The number of aromatic carboxylic acids is 1. The molecule has 96 valence electrons. The fraction of sp³-hybridized carbons (Fsp3) is 0.273. The van der Waals surface area contributed by atoms with Gasteiger partial charge in [-0.2, -0.15) is 5.26 Å². The molecule has 0 amide bonds. The number of hydrogen-bond donors (Lipinski definition) is 1. The lowest BCUT2D eigenvalue weighted by Gasteiger charge is -2.15. The lowest BCUT2D eigenvalue weighted by molar-refractivity contribution is -0.275. The molecule has 18 heavy (non-hydrogen) atoms. The molecule has 0 aliphatic carbocycles. The largest absolute Gasteiger partial charge is 0.573 e. The summed E-state index contributed by atoms with van der Waals surface area (Å²) in [6.07, 6.45) is -4.98. The van der Waals surface area contributed by atoms with Crippen molar-refractivity contribution < 1.29 is 27.8 Å². The fourth-order valence-electron chi connectivity index (χ4n) is 1.50.